The van der Waals surface area contributed by atoms with Gasteiger partial charge in [0, 0.05) is 11.6 Å². The van der Waals surface area contributed by atoms with E-state index in [-0.39, 0.29) is 12.2 Å². The highest BCUT2D eigenvalue weighted by atomic mass is 35.5. The normalized spacial score (nSPS) is 15.9. The topological polar surface area (TPSA) is 83.5 Å². The van der Waals surface area contributed by atoms with E-state index < -0.39 is 12.0 Å². The fourth-order valence-corrected chi connectivity index (χ4v) is 3.22. The Morgan fingerprint density at radius 1 is 1.37 bits per heavy atom. The highest BCUT2D eigenvalue weighted by Gasteiger charge is 2.26. The van der Waals surface area contributed by atoms with Crippen molar-refractivity contribution in [1.29, 1.82) is 0 Å². The standard InChI is InChI=1S/C14H18ClNO3/c1-7-8-4-2-3-5-9(8)13(15)14(19)12(7)10(16)6-11(17)18/h10,19H,2-6,16H2,1H3,(H,17,18). The fraction of sp³-hybridized carbons (Fsp3) is 0.500. The van der Waals surface area contributed by atoms with E-state index in [1.807, 2.05) is 6.92 Å². The summed E-state index contributed by atoms with van der Waals surface area (Å²) in [5.41, 5.74) is 9.40. The number of fused-ring (bicyclic) bond motifs is 1. The number of carboxylic acids is 1. The number of rotatable bonds is 3. The molecular weight excluding hydrogens is 266 g/mol. The Kier molecular flexibility index (Phi) is 4.02. The predicted molar refractivity (Wildman–Crippen MR) is 73.7 cm³/mol. The molecule has 104 valence electrons. The molecule has 0 saturated carbocycles. The molecule has 0 heterocycles. The van der Waals surface area contributed by atoms with Gasteiger partial charge in [0.05, 0.1) is 11.4 Å². The Morgan fingerprint density at radius 3 is 2.53 bits per heavy atom. The first-order valence-corrected chi connectivity index (χ1v) is 6.81. The molecule has 0 saturated heterocycles. The van der Waals surface area contributed by atoms with Crippen LogP contribution in [0.2, 0.25) is 5.02 Å². The van der Waals surface area contributed by atoms with Crippen molar-refractivity contribution in [2.45, 2.75) is 45.1 Å². The zero-order valence-corrected chi connectivity index (χ0v) is 11.6. The van der Waals surface area contributed by atoms with Crippen LogP contribution in [0.5, 0.6) is 5.75 Å². The lowest BCUT2D eigenvalue weighted by atomic mass is 9.84. The number of aliphatic carboxylic acids is 1. The molecule has 0 bridgehead atoms. The van der Waals surface area contributed by atoms with E-state index in [1.54, 1.807) is 0 Å². The van der Waals surface area contributed by atoms with Crippen LogP contribution < -0.4 is 5.73 Å². The number of nitrogens with two attached hydrogens (primary N) is 1. The van der Waals surface area contributed by atoms with Crippen molar-refractivity contribution in [2.75, 3.05) is 0 Å². The van der Waals surface area contributed by atoms with Crippen LogP contribution in [0.25, 0.3) is 0 Å². The molecule has 1 aromatic rings. The monoisotopic (exact) mass is 283 g/mol. The maximum absolute atomic E-state index is 10.8. The molecule has 5 heteroatoms. The molecule has 0 amide bonds. The van der Waals surface area contributed by atoms with Gasteiger partial charge in [-0.3, -0.25) is 4.79 Å². The van der Waals surface area contributed by atoms with Crippen molar-refractivity contribution in [1.82, 2.24) is 0 Å². The van der Waals surface area contributed by atoms with E-state index in [1.165, 1.54) is 0 Å². The third kappa shape index (κ3) is 2.55. The molecule has 4 N–H and O–H groups in total. The van der Waals surface area contributed by atoms with Crippen molar-refractivity contribution in [3.63, 3.8) is 0 Å². The third-order valence-corrected chi connectivity index (χ3v) is 4.22. The maximum atomic E-state index is 10.8. The minimum absolute atomic E-state index is 0.0476. The minimum atomic E-state index is -0.986. The first-order chi connectivity index (χ1) is 8.93. The Bertz CT molecular complexity index is 528. The van der Waals surface area contributed by atoms with E-state index in [2.05, 4.69) is 0 Å². The fourth-order valence-electron chi connectivity index (χ4n) is 2.91. The zero-order valence-electron chi connectivity index (χ0n) is 10.9. The van der Waals surface area contributed by atoms with Gasteiger partial charge in [0.2, 0.25) is 0 Å². The Balaban J connectivity index is 2.55. The first-order valence-electron chi connectivity index (χ1n) is 6.43. The number of hydrogen-bond donors (Lipinski definition) is 3. The summed E-state index contributed by atoms with van der Waals surface area (Å²) in [6.45, 7) is 1.89. The van der Waals surface area contributed by atoms with Crippen LogP contribution in [-0.2, 0) is 17.6 Å². The van der Waals surface area contributed by atoms with Crippen LogP contribution in [0.3, 0.4) is 0 Å². The van der Waals surface area contributed by atoms with Crippen LogP contribution in [0.1, 0.15) is 47.6 Å². The maximum Gasteiger partial charge on any atom is 0.305 e. The zero-order chi connectivity index (χ0) is 14.2. The predicted octanol–water partition coefficient (Wildman–Crippen LogP) is 2.71. The van der Waals surface area contributed by atoms with Crippen molar-refractivity contribution in [2.24, 2.45) is 5.73 Å². The first kappa shape index (κ1) is 14.2. The van der Waals surface area contributed by atoms with Gasteiger partial charge in [-0.15, -0.1) is 0 Å². The van der Waals surface area contributed by atoms with Crippen molar-refractivity contribution < 1.29 is 15.0 Å². The van der Waals surface area contributed by atoms with Gasteiger partial charge in [-0.2, -0.15) is 0 Å². The van der Waals surface area contributed by atoms with Crippen molar-refractivity contribution in [3.05, 3.63) is 27.3 Å². The summed E-state index contributed by atoms with van der Waals surface area (Å²) in [6.07, 6.45) is 3.70. The average molecular weight is 284 g/mol. The summed E-state index contributed by atoms with van der Waals surface area (Å²) in [4.78, 5) is 10.8. The van der Waals surface area contributed by atoms with Crippen molar-refractivity contribution >= 4 is 17.6 Å². The molecule has 0 radical (unpaired) electrons. The van der Waals surface area contributed by atoms with E-state index in [0.29, 0.717) is 10.6 Å². The lowest BCUT2D eigenvalue weighted by molar-refractivity contribution is -0.137. The van der Waals surface area contributed by atoms with E-state index in [4.69, 9.17) is 22.4 Å². The summed E-state index contributed by atoms with van der Waals surface area (Å²) < 4.78 is 0. The largest absolute Gasteiger partial charge is 0.506 e. The number of phenols is 1. The highest BCUT2D eigenvalue weighted by Crippen LogP contribution is 2.42. The summed E-state index contributed by atoms with van der Waals surface area (Å²) in [5, 5.41) is 19.4. The molecule has 0 aromatic heterocycles. The van der Waals surface area contributed by atoms with Gasteiger partial charge in [-0.05, 0) is 49.3 Å². The molecule has 4 nitrogen and oxygen atoms in total. The summed E-state index contributed by atoms with van der Waals surface area (Å²) in [5.74, 6) is -1.03. The van der Waals surface area contributed by atoms with Gasteiger partial charge in [-0.1, -0.05) is 11.6 Å². The van der Waals surface area contributed by atoms with Gasteiger partial charge in [0.1, 0.15) is 5.75 Å². The van der Waals surface area contributed by atoms with Crippen LogP contribution in [0.4, 0.5) is 0 Å². The SMILES string of the molecule is Cc1c2c(c(Cl)c(O)c1C(N)CC(=O)O)CCCC2. The highest BCUT2D eigenvalue weighted by molar-refractivity contribution is 6.33. The molecule has 2 rings (SSSR count). The summed E-state index contributed by atoms with van der Waals surface area (Å²) in [6, 6.07) is -0.734. The Labute approximate surface area is 117 Å². The van der Waals surface area contributed by atoms with Gasteiger partial charge in [-0.25, -0.2) is 0 Å². The van der Waals surface area contributed by atoms with Crippen molar-refractivity contribution in [3.8, 4) is 5.75 Å². The number of phenolic OH excluding ortho intramolecular Hbond substituents is 1. The van der Waals surface area contributed by atoms with E-state index in [0.717, 1.165) is 42.4 Å². The molecule has 1 unspecified atom stereocenters. The third-order valence-electron chi connectivity index (χ3n) is 3.82. The van der Waals surface area contributed by atoms with Crippen LogP contribution in [0, 0.1) is 6.92 Å². The number of aromatic hydroxyl groups is 1. The van der Waals surface area contributed by atoms with Crippen LogP contribution in [0.15, 0.2) is 0 Å². The van der Waals surface area contributed by atoms with E-state index in [9.17, 15) is 9.90 Å². The average Bonchev–Trinajstić information content (AvgIpc) is 2.35. The summed E-state index contributed by atoms with van der Waals surface area (Å²) >= 11 is 6.22. The molecule has 0 fully saturated rings. The van der Waals surface area contributed by atoms with Gasteiger partial charge in [0.15, 0.2) is 0 Å². The van der Waals surface area contributed by atoms with Crippen LogP contribution >= 0.6 is 11.6 Å². The van der Waals surface area contributed by atoms with E-state index >= 15 is 0 Å². The van der Waals surface area contributed by atoms with Gasteiger partial charge in [0.25, 0.3) is 0 Å². The van der Waals surface area contributed by atoms with Gasteiger partial charge < -0.3 is 15.9 Å². The molecule has 0 spiro atoms. The lowest BCUT2D eigenvalue weighted by Crippen LogP contribution is -2.19. The molecule has 19 heavy (non-hydrogen) atoms. The Morgan fingerprint density at radius 2 is 1.95 bits per heavy atom. The molecule has 1 aliphatic rings. The quantitative estimate of drug-likeness (QED) is 0.796. The second-order valence-corrected chi connectivity index (χ2v) is 5.45. The van der Waals surface area contributed by atoms with Gasteiger partial charge >= 0.3 is 5.97 Å². The number of benzene rings is 1. The second kappa shape index (κ2) is 5.39. The lowest BCUT2D eigenvalue weighted by Gasteiger charge is -2.25. The Hall–Kier alpha value is -1.26. The smallest absolute Gasteiger partial charge is 0.305 e. The molecule has 1 aliphatic carbocycles. The minimum Gasteiger partial charge on any atom is -0.506 e. The molecule has 1 atom stereocenters. The molecule has 1 aromatic carbocycles. The number of halogens is 1. The second-order valence-electron chi connectivity index (χ2n) is 5.07. The summed E-state index contributed by atoms with van der Waals surface area (Å²) in [7, 11) is 0. The number of carboxylic acid groups (broad SMARTS) is 1. The molecular formula is C14H18ClNO3. The molecule has 0 aliphatic heterocycles. The number of hydrogen-bond acceptors (Lipinski definition) is 3. The number of carbonyl (C=O) groups is 1. The van der Waals surface area contributed by atoms with Crippen LogP contribution in [-0.4, -0.2) is 16.2 Å².